The molecule has 5 heteroatoms. The summed E-state index contributed by atoms with van der Waals surface area (Å²) in [5.41, 5.74) is 3.45. The molecule has 0 bridgehead atoms. The van der Waals surface area contributed by atoms with Crippen LogP contribution >= 0.6 is 23.2 Å². The van der Waals surface area contributed by atoms with Gasteiger partial charge in [0.2, 0.25) is 5.28 Å². The first-order chi connectivity index (χ1) is 8.24. The van der Waals surface area contributed by atoms with Crippen molar-refractivity contribution in [2.24, 2.45) is 0 Å². The second-order valence-corrected chi connectivity index (χ2v) is 4.35. The van der Waals surface area contributed by atoms with E-state index < -0.39 is 0 Å². The van der Waals surface area contributed by atoms with Crippen molar-refractivity contribution in [1.29, 1.82) is 0 Å². The normalized spacial score (nSPS) is 10.9. The molecule has 17 heavy (non-hydrogen) atoms. The van der Waals surface area contributed by atoms with Gasteiger partial charge < -0.3 is 4.98 Å². The van der Waals surface area contributed by atoms with Crippen molar-refractivity contribution in [1.82, 2.24) is 15.0 Å². The largest absolute Gasteiger partial charge is 0.352 e. The molecular formula is C12H7Cl2N3. The van der Waals surface area contributed by atoms with Gasteiger partial charge in [-0.1, -0.05) is 29.8 Å². The fraction of sp³-hybridized carbons (Fsp3) is 0. The number of aromatic nitrogens is 3. The van der Waals surface area contributed by atoms with Crippen LogP contribution in [0, 0.1) is 0 Å². The highest BCUT2D eigenvalue weighted by Gasteiger charge is 2.07. The van der Waals surface area contributed by atoms with Crippen LogP contribution in [0.2, 0.25) is 10.3 Å². The zero-order valence-corrected chi connectivity index (χ0v) is 10.1. The van der Waals surface area contributed by atoms with Gasteiger partial charge in [-0.05, 0) is 23.7 Å². The summed E-state index contributed by atoms with van der Waals surface area (Å²) in [6.45, 7) is 0. The molecule has 0 aliphatic heterocycles. The minimum Gasteiger partial charge on any atom is -0.352 e. The first kappa shape index (κ1) is 10.6. The highest BCUT2D eigenvalue weighted by atomic mass is 35.5. The van der Waals surface area contributed by atoms with Crippen LogP contribution < -0.4 is 0 Å². The molecular weight excluding hydrogens is 257 g/mol. The minimum atomic E-state index is 0.238. The molecule has 2 aromatic heterocycles. The number of H-pyrrole nitrogens is 1. The fourth-order valence-electron chi connectivity index (χ4n) is 1.72. The van der Waals surface area contributed by atoms with E-state index in [1.165, 1.54) is 0 Å². The van der Waals surface area contributed by atoms with E-state index in [0.717, 1.165) is 22.3 Å². The Balaban J connectivity index is 2.22. The SMILES string of the molecule is Clc1ncc2[nH]c(-c3ccccc3Cl)cc2n1. The van der Waals surface area contributed by atoms with E-state index in [1.807, 2.05) is 30.3 Å². The molecule has 0 saturated heterocycles. The highest BCUT2D eigenvalue weighted by Crippen LogP contribution is 2.28. The Bertz CT molecular complexity index is 691. The summed E-state index contributed by atoms with van der Waals surface area (Å²) in [4.78, 5) is 11.3. The van der Waals surface area contributed by atoms with Gasteiger partial charge in [-0.25, -0.2) is 9.97 Å². The molecule has 84 valence electrons. The number of nitrogens with zero attached hydrogens (tertiary/aromatic N) is 2. The van der Waals surface area contributed by atoms with Gasteiger partial charge in [-0.2, -0.15) is 0 Å². The molecule has 3 nitrogen and oxygen atoms in total. The molecule has 0 saturated carbocycles. The first-order valence-corrected chi connectivity index (χ1v) is 5.76. The van der Waals surface area contributed by atoms with Crippen LogP contribution in [-0.2, 0) is 0 Å². The van der Waals surface area contributed by atoms with E-state index >= 15 is 0 Å². The Kier molecular flexibility index (Phi) is 2.50. The smallest absolute Gasteiger partial charge is 0.223 e. The zero-order chi connectivity index (χ0) is 11.8. The summed E-state index contributed by atoms with van der Waals surface area (Å²) in [5, 5.41) is 0.931. The maximum Gasteiger partial charge on any atom is 0.223 e. The zero-order valence-electron chi connectivity index (χ0n) is 8.61. The lowest BCUT2D eigenvalue weighted by molar-refractivity contribution is 1.22. The van der Waals surface area contributed by atoms with E-state index in [9.17, 15) is 0 Å². The maximum atomic E-state index is 6.14. The maximum absolute atomic E-state index is 6.14. The Morgan fingerprint density at radius 1 is 1.12 bits per heavy atom. The average Bonchev–Trinajstić information content (AvgIpc) is 2.72. The van der Waals surface area contributed by atoms with Gasteiger partial charge in [0.25, 0.3) is 0 Å². The second-order valence-electron chi connectivity index (χ2n) is 3.60. The number of rotatable bonds is 1. The molecule has 1 N–H and O–H groups in total. The minimum absolute atomic E-state index is 0.238. The molecule has 0 amide bonds. The Morgan fingerprint density at radius 2 is 1.94 bits per heavy atom. The predicted octanol–water partition coefficient (Wildman–Crippen LogP) is 3.93. The lowest BCUT2D eigenvalue weighted by Gasteiger charge is -1.99. The van der Waals surface area contributed by atoms with E-state index in [2.05, 4.69) is 15.0 Å². The van der Waals surface area contributed by atoms with Gasteiger partial charge in [0.15, 0.2) is 0 Å². The quantitative estimate of drug-likeness (QED) is 0.676. The van der Waals surface area contributed by atoms with Crippen LogP contribution in [0.5, 0.6) is 0 Å². The number of halogens is 2. The Labute approximate surface area is 107 Å². The van der Waals surface area contributed by atoms with Gasteiger partial charge in [0, 0.05) is 16.3 Å². The Morgan fingerprint density at radius 3 is 2.76 bits per heavy atom. The van der Waals surface area contributed by atoms with Crippen LogP contribution in [0.15, 0.2) is 36.5 Å². The van der Waals surface area contributed by atoms with Crippen LogP contribution in [0.4, 0.5) is 0 Å². The van der Waals surface area contributed by atoms with Gasteiger partial charge in [0.1, 0.15) is 0 Å². The van der Waals surface area contributed by atoms with Crippen molar-refractivity contribution >= 4 is 34.2 Å². The summed E-state index contributed by atoms with van der Waals surface area (Å²) < 4.78 is 0. The summed E-state index contributed by atoms with van der Waals surface area (Å²) in [7, 11) is 0. The molecule has 0 fully saturated rings. The molecule has 0 unspecified atom stereocenters. The van der Waals surface area contributed by atoms with Crippen LogP contribution in [-0.4, -0.2) is 15.0 Å². The topological polar surface area (TPSA) is 41.6 Å². The molecule has 0 spiro atoms. The van der Waals surface area contributed by atoms with Gasteiger partial charge in [-0.3, -0.25) is 0 Å². The number of fused-ring (bicyclic) bond motifs is 1. The fourth-order valence-corrected chi connectivity index (χ4v) is 2.10. The van der Waals surface area contributed by atoms with Crippen LogP contribution in [0.25, 0.3) is 22.3 Å². The van der Waals surface area contributed by atoms with E-state index in [-0.39, 0.29) is 5.28 Å². The van der Waals surface area contributed by atoms with Crippen molar-refractivity contribution in [3.63, 3.8) is 0 Å². The first-order valence-electron chi connectivity index (χ1n) is 5.00. The number of benzene rings is 1. The van der Waals surface area contributed by atoms with Gasteiger partial charge in [0.05, 0.1) is 17.2 Å². The average molecular weight is 264 g/mol. The summed E-state index contributed by atoms with van der Waals surface area (Å²) in [6, 6.07) is 9.53. The van der Waals surface area contributed by atoms with Gasteiger partial charge in [-0.15, -0.1) is 0 Å². The lowest BCUT2D eigenvalue weighted by atomic mass is 10.1. The monoisotopic (exact) mass is 263 g/mol. The lowest BCUT2D eigenvalue weighted by Crippen LogP contribution is -1.80. The number of nitrogens with one attached hydrogen (secondary N) is 1. The van der Waals surface area contributed by atoms with Crippen LogP contribution in [0.1, 0.15) is 0 Å². The van der Waals surface area contributed by atoms with Crippen molar-refractivity contribution in [3.8, 4) is 11.3 Å². The predicted molar refractivity (Wildman–Crippen MR) is 69.3 cm³/mol. The molecule has 1 aromatic carbocycles. The molecule has 0 aliphatic carbocycles. The van der Waals surface area contributed by atoms with Crippen molar-refractivity contribution in [2.75, 3.05) is 0 Å². The van der Waals surface area contributed by atoms with Gasteiger partial charge >= 0.3 is 0 Å². The summed E-state index contributed by atoms with van der Waals surface area (Å²) in [5.74, 6) is 0. The number of hydrogen-bond donors (Lipinski definition) is 1. The molecule has 0 aliphatic rings. The van der Waals surface area contributed by atoms with Crippen molar-refractivity contribution in [2.45, 2.75) is 0 Å². The third kappa shape index (κ3) is 1.88. The molecule has 0 radical (unpaired) electrons. The van der Waals surface area contributed by atoms with Crippen molar-refractivity contribution < 1.29 is 0 Å². The standard InChI is InChI=1S/C12H7Cl2N3/c13-8-4-2-1-3-7(8)9-5-10-11(16-9)6-15-12(14)17-10/h1-6,16H. The third-order valence-corrected chi connectivity index (χ3v) is 3.01. The second kappa shape index (κ2) is 4.02. The molecule has 2 heterocycles. The molecule has 3 rings (SSSR count). The highest BCUT2D eigenvalue weighted by molar-refractivity contribution is 6.33. The molecule has 0 atom stereocenters. The van der Waals surface area contributed by atoms with Crippen LogP contribution in [0.3, 0.4) is 0 Å². The summed E-state index contributed by atoms with van der Waals surface area (Å²) >= 11 is 11.9. The molecule has 3 aromatic rings. The summed E-state index contributed by atoms with van der Waals surface area (Å²) in [6.07, 6.45) is 1.66. The van der Waals surface area contributed by atoms with E-state index in [1.54, 1.807) is 6.20 Å². The number of aromatic amines is 1. The third-order valence-electron chi connectivity index (χ3n) is 2.50. The van der Waals surface area contributed by atoms with E-state index in [0.29, 0.717) is 5.02 Å². The number of hydrogen-bond acceptors (Lipinski definition) is 2. The van der Waals surface area contributed by atoms with Crippen molar-refractivity contribution in [3.05, 3.63) is 46.8 Å². The van der Waals surface area contributed by atoms with E-state index in [4.69, 9.17) is 23.2 Å². The Hall–Kier alpha value is -1.58.